The van der Waals surface area contributed by atoms with Crippen LogP contribution in [0.3, 0.4) is 0 Å². The number of hydrogen-bond donors (Lipinski definition) is 1. The van der Waals surface area contributed by atoms with Crippen molar-refractivity contribution in [3.05, 3.63) is 34.3 Å². The van der Waals surface area contributed by atoms with Gasteiger partial charge in [0.05, 0.1) is 0 Å². The molecule has 1 aliphatic rings. The van der Waals surface area contributed by atoms with Gasteiger partial charge in [0.25, 0.3) is 0 Å². The first kappa shape index (κ1) is 16.0. The Balaban J connectivity index is 1.83. The zero-order valence-electron chi connectivity index (χ0n) is 12.6. The summed E-state index contributed by atoms with van der Waals surface area (Å²) in [6.45, 7) is 3.47. The molecule has 2 N–H and O–H groups in total. The lowest BCUT2D eigenvalue weighted by atomic mass is 10.0. The summed E-state index contributed by atoms with van der Waals surface area (Å²) in [5.74, 6) is 0. The number of nitrogens with two attached hydrogens (primary N) is 1. The number of likely N-dealkylation sites (N-methyl/N-ethyl adjacent to an activating group) is 2. The standard InChI is InChI=1S/C16H26BrN3/c1-19-10-5-6-13(12-19)20(2)11-9-16(18)14-7-3-4-8-15(14)17/h3-4,7-8,13,16H,5-6,9-12,18H2,1-2H3. The monoisotopic (exact) mass is 339 g/mol. The van der Waals surface area contributed by atoms with Gasteiger partial charge in [0, 0.05) is 23.1 Å². The van der Waals surface area contributed by atoms with Gasteiger partial charge in [0.15, 0.2) is 0 Å². The van der Waals surface area contributed by atoms with Crippen molar-refractivity contribution < 1.29 is 0 Å². The van der Waals surface area contributed by atoms with Gasteiger partial charge in [0.1, 0.15) is 0 Å². The fourth-order valence-corrected chi connectivity index (χ4v) is 3.53. The second-order valence-electron chi connectivity index (χ2n) is 5.96. The first-order valence-corrected chi connectivity index (χ1v) is 8.26. The minimum absolute atomic E-state index is 0.106. The van der Waals surface area contributed by atoms with E-state index in [0.717, 1.165) is 17.4 Å². The van der Waals surface area contributed by atoms with E-state index in [2.05, 4.69) is 58.0 Å². The van der Waals surface area contributed by atoms with Crippen LogP contribution in [0, 0.1) is 0 Å². The Morgan fingerprint density at radius 2 is 2.20 bits per heavy atom. The summed E-state index contributed by atoms with van der Waals surface area (Å²) in [5, 5.41) is 0. The molecule has 2 rings (SSSR count). The molecule has 0 saturated carbocycles. The predicted molar refractivity (Wildman–Crippen MR) is 88.8 cm³/mol. The lowest BCUT2D eigenvalue weighted by Crippen LogP contribution is -2.45. The molecule has 0 aromatic heterocycles. The van der Waals surface area contributed by atoms with E-state index in [-0.39, 0.29) is 6.04 Å². The van der Waals surface area contributed by atoms with Crippen molar-refractivity contribution >= 4 is 15.9 Å². The summed E-state index contributed by atoms with van der Waals surface area (Å²) in [7, 11) is 4.45. The van der Waals surface area contributed by atoms with Crippen LogP contribution in [-0.4, -0.2) is 49.6 Å². The van der Waals surface area contributed by atoms with Gasteiger partial charge in [0.2, 0.25) is 0 Å². The normalized spacial score (nSPS) is 22.1. The van der Waals surface area contributed by atoms with Gasteiger partial charge < -0.3 is 15.5 Å². The molecule has 1 heterocycles. The maximum absolute atomic E-state index is 6.33. The fourth-order valence-electron chi connectivity index (χ4n) is 2.96. The number of benzene rings is 1. The van der Waals surface area contributed by atoms with Gasteiger partial charge in [-0.3, -0.25) is 0 Å². The zero-order chi connectivity index (χ0) is 14.5. The van der Waals surface area contributed by atoms with Crippen molar-refractivity contribution in [3.8, 4) is 0 Å². The van der Waals surface area contributed by atoms with E-state index < -0.39 is 0 Å². The van der Waals surface area contributed by atoms with Gasteiger partial charge >= 0.3 is 0 Å². The number of piperidine rings is 1. The molecule has 0 spiro atoms. The maximum atomic E-state index is 6.33. The molecule has 3 nitrogen and oxygen atoms in total. The lowest BCUT2D eigenvalue weighted by molar-refractivity contribution is 0.132. The van der Waals surface area contributed by atoms with Crippen molar-refractivity contribution in [2.45, 2.75) is 31.3 Å². The molecular formula is C16H26BrN3. The molecule has 4 heteroatoms. The number of nitrogens with zero attached hydrogens (tertiary/aromatic N) is 2. The van der Waals surface area contributed by atoms with Crippen LogP contribution in [0.15, 0.2) is 28.7 Å². The topological polar surface area (TPSA) is 32.5 Å². The van der Waals surface area contributed by atoms with E-state index in [1.54, 1.807) is 0 Å². The van der Waals surface area contributed by atoms with Crippen LogP contribution in [0.1, 0.15) is 30.9 Å². The molecule has 0 amide bonds. The summed E-state index contributed by atoms with van der Waals surface area (Å²) < 4.78 is 1.12. The Labute approximate surface area is 131 Å². The Bertz CT molecular complexity index is 424. The minimum Gasteiger partial charge on any atom is -0.324 e. The molecule has 112 valence electrons. The molecule has 1 aromatic carbocycles. The van der Waals surface area contributed by atoms with Crippen LogP contribution in [0.2, 0.25) is 0 Å². The number of hydrogen-bond acceptors (Lipinski definition) is 3. The predicted octanol–water partition coefficient (Wildman–Crippen LogP) is 2.87. The summed E-state index contributed by atoms with van der Waals surface area (Å²) in [6.07, 6.45) is 3.62. The van der Waals surface area contributed by atoms with Crippen LogP contribution >= 0.6 is 15.9 Å². The smallest absolute Gasteiger partial charge is 0.0318 e. The third-order valence-corrected chi connectivity index (χ3v) is 5.04. The molecule has 1 saturated heterocycles. The average Bonchev–Trinajstić information content (AvgIpc) is 2.45. The molecule has 0 aliphatic carbocycles. The highest BCUT2D eigenvalue weighted by Gasteiger charge is 2.21. The third-order valence-electron chi connectivity index (χ3n) is 4.32. The second kappa shape index (κ2) is 7.55. The van der Waals surface area contributed by atoms with E-state index in [1.807, 2.05) is 6.07 Å². The quantitative estimate of drug-likeness (QED) is 0.895. The van der Waals surface area contributed by atoms with Gasteiger partial charge in [-0.15, -0.1) is 0 Å². The Morgan fingerprint density at radius 3 is 2.90 bits per heavy atom. The van der Waals surface area contributed by atoms with E-state index in [0.29, 0.717) is 6.04 Å². The van der Waals surface area contributed by atoms with E-state index in [9.17, 15) is 0 Å². The maximum Gasteiger partial charge on any atom is 0.0318 e. The van der Waals surface area contributed by atoms with Crippen molar-refractivity contribution in [1.29, 1.82) is 0 Å². The van der Waals surface area contributed by atoms with Crippen LogP contribution < -0.4 is 5.73 Å². The first-order chi connectivity index (χ1) is 9.58. The van der Waals surface area contributed by atoms with E-state index in [1.165, 1.54) is 31.5 Å². The van der Waals surface area contributed by atoms with E-state index in [4.69, 9.17) is 5.73 Å². The highest BCUT2D eigenvalue weighted by atomic mass is 79.9. The molecule has 0 radical (unpaired) electrons. The number of likely N-dealkylation sites (tertiary alicyclic amines) is 1. The summed E-state index contributed by atoms with van der Waals surface area (Å²) in [6, 6.07) is 9.05. The first-order valence-electron chi connectivity index (χ1n) is 7.46. The summed E-state index contributed by atoms with van der Waals surface area (Å²) in [5.41, 5.74) is 7.54. The molecule has 20 heavy (non-hydrogen) atoms. The SMILES string of the molecule is CN1CCCC(N(C)CCC(N)c2ccccc2Br)C1. The summed E-state index contributed by atoms with van der Waals surface area (Å²) in [4.78, 5) is 4.91. The average molecular weight is 340 g/mol. The van der Waals surface area contributed by atoms with Gasteiger partial charge in [-0.25, -0.2) is 0 Å². The van der Waals surface area contributed by atoms with Gasteiger partial charge in [-0.05, 0) is 58.1 Å². The fraction of sp³-hybridized carbons (Fsp3) is 0.625. The molecule has 1 aliphatic heterocycles. The Kier molecular flexibility index (Phi) is 6.02. The Morgan fingerprint density at radius 1 is 1.45 bits per heavy atom. The molecule has 0 bridgehead atoms. The molecule has 1 fully saturated rings. The van der Waals surface area contributed by atoms with Crippen LogP contribution in [0.5, 0.6) is 0 Å². The largest absolute Gasteiger partial charge is 0.324 e. The van der Waals surface area contributed by atoms with Crippen molar-refractivity contribution in [2.75, 3.05) is 33.7 Å². The van der Waals surface area contributed by atoms with Crippen molar-refractivity contribution in [3.63, 3.8) is 0 Å². The van der Waals surface area contributed by atoms with Crippen LogP contribution in [0.25, 0.3) is 0 Å². The molecule has 2 unspecified atom stereocenters. The van der Waals surface area contributed by atoms with Gasteiger partial charge in [-0.1, -0.05) is 34.1 Å². The second-order valence-corrected chi connectivity index (χ2v) is 6.81. The van der Waals surface area contributed by atoms with Crippen LogP contribution in [-0.2, 0) is 0 Å². The van der Waals surface area contributed by atoms with Gasteiger partial charge in [-0.2, -0.15) is 0 Å². The Hall–Kier alpha value is -0.420. The molecule has 1 aromatic rings. The minimum atomic E-state index is 0.106. The molecular weight excluding hydrogens is 314 g/mol. The lowest BCUT2D eigenvalue weighted by Gasteiger charge is -2.36. The number of halogens is 1. The van der Waals surface area contributed by atoms with Crippen molar-refractivity contribution in [2.24, 2.45) is 5.73 Å². The van der Waals surface area contributed by atoms with Crippen LogP contribution in [0.4, 0.5) is 0 Å². The summed E-state index contributed by atoms with van der Waals surface area (Å²) >= 11 is 3.59. The highest BCUT2D eigenvalue weighted by Crippen LogP contribution is 2.24. The molecule has 2 atom stereocenters. The number of rotatable bonds is 5. The highest BCUT2D eigenvalue weighted by molar-refractivity contribution is 9.10. The van der Waals surface area contributed by atoms with Crippen molar-refractivity contribution in [1.82, 2.24) is 9.80 Å². The zero-order valence-corrected chi connectivity index (χ0v) is 14.1. The third kappa shape index (κ3) is 4.29. The van der Waals surface area contributed by atoms with E-state index >= 15 is 0 Å².